The highest BCUT2D eigenvalue weighted by molar-refractivity contribution is 6.13. The Morgan fingerprint density at radius 1 is 0.397 bits per heavy atom. The van der Waals surface area contributed by atoms with Gasteiger partial charge in [0, 0.05) is 51.3 Å². The summed E-state index contributed by atoms with van der Waals surface area (Å²) in [5.74, 6) is 0. The van der Waals surface area contributed by atoms with Gasteiger partial charge in [0.2, 0.25) is 0 Å². The maximum absolute atomic E-state index is 6.63. The number of pyridine rings is 4. The summed E-state index contributed by atoms with van der Waals surface area (Å²) in [7, 11) is 0. The Labute approximate surface area is 327 Å². The highest BCUT2D eigenvalue weighted by Gasteiger charge is 2.21. The van der Waals surface area contributed by atoms with E-state index < -0.39 is 0 Å². The monoisotopic (exact) mass is 746 g/mol. The van der Waals surface area contributed by atoms with Crippen LogP contribution in [0.25, 0.3) is 122 Å². The van der Waals surface area contributed by atoms with Crippen molar-refractivity contribution in [2.75, 3.05) is 0 Å². The lowest BCUT2D eigenvalue weighted by atomic mass is 10.0. The number of para-hydroxylation sites is 2. The van der Waals surface area contributed by atoms with Crippen molar-refractivity contribution >= 4 is 88.0 Å². The van der Waals surface area contributed by atoms with E-state index in [1.54, 1.807) is 12.4 Å². The molecule has 270 valence electrons. The van der Waals surface area contributed by atoms with Gasteiger partial charge in [0.25, 0.3) is 0 Å². The Balaban J connectivity index is 0.917. The third-order valence-electron chi connectivity index (χ3n) is 11.2. The second kappa shape index (κ2) is 11.6. The van der Waals surface area contributed by atoms with E-state index in [0.717, 1.165) is 122 Å². The molecule has 58 heavy (non-hydrogen) atoms. The van der Waals surface area contributed by atoms with E-state index in [0.29, 0.717) is 0 Å². The fourth-order valence-corrected chi connectivity index (χ4v) is 8.73. The molecule has 10 heteroatoms. The fraction of sp³-hybridized carbons (Fsp3) is 0. The van der Waals surface area contributed by atoms with Gasteiger partial charge >= 0.3 is 0 Å². The number of furan rings is 2. The molecular formula is C48H26N8O2. The van der Waals surface area contributed by atoms with E-state index in [4.69, 9.17) is 13.8 Å². The van der Waals surface area contributed by atoms with Crippen molar-refractivity contribution in [3.05, 3.63) is 158 Å². The lowest BCUT2D eigenvalue weighted by Crippen LogP contribution is -1.94. The minimum Gasteiger partial charge on any atom is -0.454 e. The largest absolute Gasteiger partial charge is 0.454 e. The first-order valence-corrected chi connectivity index (χ1v) is 18.9. The normalized spacial score (nSPS) is 12.1. The molecular weight excluding hydrogens is 721 g/mol. The number of benzene rings is 4. The molecule has 0 unspecified atom stereocenters. The van der Waals surface area contributed by atoms with E-state index in [-0.39, 0.29) is 0 Å². The van der Waals surface area contributed by atoms with Crippen LogP contribution in [0.1, 0.15) is 0 Å². The number of nitrogens with zero attached hydrogens (tertiary/aromatic N) is 8. The van der Waals surface area contributed by atoms with Gasteiger partial charge in [-0.2, -0.15) is 5.10 Å². The lowest BCUT2D eigenvalue weighted by Gasteiger charge is -2.07. The average molecular weight is 747 g/mol. The Kier molecular flexibility index (Phi) is 6.22. The molecule has 0 N–H and O–H groups in total. The van der Waals surface area contributed by atoms with E-state index in [9.17, 15) is 0 Å². The van der Waals surface area contributed by atoms with Gasteiger partial charge in [-0.1, -0.05) is 30.3 Å². The van der Waals surface area contributed by atoms with Crippen LogP contribution in [0, 0.1) is 0 Å². The van der Waals surface area contributed by atoms with E-state index >= 15 is 0 Å². The van der Waals surface area contributed by atoms with Crippen LogP contribution in [0.2, 0.25) is 0 Å². The number of fused-ring (bicyclic) bond motifs is 12. The summed E-state index contributed by atoms with van der Waals surface area (Å²) in [5.41, 5.74) is 15.8. The van der Waals surface area contributed by atoms with Gasteiger partial charge in [-0.3, -0.25) is 15.0 Å². The van der Waals surface area contributed by atoms with Crippen LogP contribution in [0.4, 0.5) is 0 Å². The van der Waals surface area contributed by atoms with Crippen molar-refractivity contribution in [3.63, 3.8) is 0 Å². The lowest BCUT2D eigenvalue weighted by molar-refractivity contribution is 0.666. The molecule has 4 aromatic carbocycles. The van der Waals surface area contributed by atoms with E-state index in [2.05, 4.69) is 131 Å². The van der Waals surface area contributed by atoms with Gasteiger partial charge in [-0.05, 0) is 103 Å². The molecule has 0 amide bonds. The Bertz CT molecular complexity index is 3480. The Morgan fingerprint density at radius 2 is 0.879 bits per heavy atom. The first-order chi connectivity index (χ1) is 28.8. The van der Waals surface area contributed by atoms with Crippen molar-refractivity contribution < 1.29 is 8.83 Å². The van der Waals surface area contributed by atoms with Gasteiger partial charge in [-0.15, -0.1) is 5.10 Å². The molecule has 13 aromatic rings. The number of hydrogen-bond acceptors (Lipinski definition) is 8. The SMILES string of the molecule is c1cc(-c2ccc3oc4c(-n5c6cccnc6c6ncccc65)cccc4c3c2)nc(-c2ccc3oc4c(-n5c6cccnc6c6nnccc65)cccc4c3c2)c1. The number of aromatic nitrogens is 8. The maximum atomic E-state index is 6.63. The smallest absolute Gasteiger partial charge is 0.159 e. The molecule has 0 spiro atoms. The molecule has 0 aliphatic heterocycles. The molecule has 9 aromatic heterocycles. The average Bonchev–Trinajstić information content (AvgIpc) is 4.04. The van der Waals surface area contributed by atoms with Crippen molar-refractivity contribution in [1.82, 2.24) is 39.3 Å². The molecule has 10 nitrogen and oxygen atoms in total. The number of rotatable bonds is 4. The fourth-order valence-electron chi connectivity index (χ4n) is 8.73. The summed E-state index contributed by atoms with van der Waals surface area (Å²) < 4.78 is 17.6. The third-order valence-corrected chi connectivity index (χ3v) is 11.2. The van der Waals surface area contributed by atoms with Crippen LogP contribution in [-0.2, 0) is 0 Å². The van der Waals surface area contributed by atoms with Gasteiger partial charge in [0.15, 0.2) is 11.2 Å². The molecule has 13 rings (SSSR count). The maximum Gasteiger partial charge on any atom is 0.159 e. The van der Waals surface area contributed by atoms with E-state index in [1.807, 2.05) is 48.8 Å². The second-order valence-electron chi connectivity index (χ2n) is 14.4. The van der Waals surface area contributed by atoms with Gasteiger partial charge < -0.3 is 18.0 Å². The Morgan fingerprint density at radius 3 is 1.41 bits per heavy atom. The highest BCUT2D eigenvalue weighted by atomic mass is 16.3. The minimum absolute atomic E-state index is 0.749. The summed E-state index contributed by atoms with van der Waals surface area (Å²) in [6.45, 7) is 0. The van der Waals surface area contributed by atoms with Crippen LogP contribution >= 0.6 is 0 Å². The topological polar surface area (TPSA) is 113 Å². The van der Waals surface area contributed by atoms with E-state index in [1.165, 1.54) is 0 Å². The molecule has 0 aliphatic carbocycles. The van der Waals surface area contributed by atoms with Crippen LogP contribution in [0.3, 0.4) is 0 Å². The van der Waals surface area contributed by atoms with Crippen LogP contribution in [-0.4, -0.2) is 39.3 Å². The molecule has 0 aliphatic rings. The standard InChI is InChI=1S/C48H26N8O2/c1-7-29-31-25-27(16-18-41(31)57-47(29)39(11-1)55-35-13-4-21-49-43(35)44-36(55)14-5-22-50-44)33-9-3-10-34(53-33)28-17-19-42-32(26-28)30-8-2-12-40(48(30)58-42)56-37-15-6-23-51-45(37)46-38(56)20-24-52-54-46/h1-26H. The highest BCUT2D eigenvalue weighted by Crippen LogP contribution is 2.40. The third kappa shape index (κ3) is 4.30. The summed E-state index contributed by atoms with van der Waals surface area (Å²) >= 11 is 0. The van der Waals surface area contributed by atoms with Crippen LogP contribution in [0.15, 0.2) is 167 Å². The molecule has 0 saturated carbocycles. The second-order valence-corrected chi connectivity index (χ2v) is 14.4. The summed E-state index contributed by atoms with van der Waals surface area (Å²) in [4.78, 5) is 19.2. The zero-order valence-corrected chi connectivity index (χ0v) is 30.4. The first-order valence-electron chi connectivity index (χ1n) is 18.9. The zero-order chi connectivity index (χ0) is 37.9. The van der Waals surface area contributed by atoms with Crippen LogP contribution in [0.5, 0.6) is 0 Å². The summed E-state index contributed by atoms with van der Waals surface area (Å²) in [6, 6.07) is 45.3. The minimum atomic E-state index is 0.749. The molecule has 0 atom stereocenters. The zero-order valence-electron chi connectivity index (χ0n) is 30.4. The number of hydrogen-bond donors (Lipinski definition) is 0. The molecule has 9 heterocycles. The van der Waals surface area contributed by atoms with Crippen molar-refractivity contribution in [2.45, 2.75) is 0 Å². The van der Waals surface area contributed by atoms with Gasteiger partial charge in [-0.25, -0.2) is 4.98 Å². The molecule has 0 fully saturated rings. The van der Waals surface area contributed by atoms with Gasteiger partial charge in [0.05, 0.1) is 51.0 Å². The summed E-state index contributed by atoms with van der Waals surface area (Å²) in [6.07, 6.45) is 7.11. The van der Waals surface area contributed by atoms with Gasteiger partial charge in [0.1, 0.15) is 33.2 Å². The predicted molar refractivity (Wildman–Crippen MR) is 227 cm³/mol. The summed E-state index contributed by atoms with van der Waals surface area (Å²) in [5, 5.41) is 12.6. The quantitative estimate of drug-likeness (QED) is 0.175. The van der Waals surface area contributed by atoms with Crippen molar-refractivity contribution in [3.8, 4) is 33.9 Å². The molecule has 0 bridgehead atoms. The first kappa shape index (κ1) is 31.0. The Hall–Kier alpha value is -8.24. The van der Waals surface area contributed by atoms with Crippen molar-refractivity contribution in [1.29, 1.82) is 0 Å². The predicted octanol–water partition coefficient (Wildman–Crippen LogP) is 11.4. The molecule has 0 saturated heterocycles. The van der Waals surface area contributed by atoms with Crippen molar-refractivity contribution in [2.24, 2.45) is 0 Å². The van der Waals surface area contributed by atoms with Crippen LogP contribution < -0.4 is 0 Å². The molecule has 0 radical (unpaired) electrons.